The number of piperidine rings is 1. The van der Waals surface area contributed by atoms with E-state index >= 15 is 0 Å². The van der Waals surface area contributed by atoms with Gasteiger partial charge in [-0.2, -0.15) is 0 Å². The Morgan fingerprint density at radius 2 is 1.86 bits per heavy atom. The number of likely N-dealkylation sites (tertiary alicyclic amines) is 1. The predicted octanol–water partition coefficient (Wildman–Crippen LogP) is 3.76. The molecule has 0 bridgehead atoms. The summed E-state index contributed by atoms with van der Waals surface area (Å²) in [4.78, 5) is 9.60. The van der Waals surface area contributed by atoms with Crippen molar-refractivity contribution in [2.24, 2.45) is 10.9 Å². The van der Waals surface area contributed by atoms with Crippen molar-refractivity contribution in [1.82, 2.24) is 15.1 Å². The van der Waals surface area contributed by atoms with Gasteiger partial charge in [0.15, 0.2) is 5.96 Å². The van der Waals surface area contributed by atoms with Gasteiger partial charge in [0, 0.05) is 52.4 Å². The van der Waals surface area contributed by atoms with Gasteiger partial charge in [-0.05, 0) is 43.2 Å². The predicted molar refractivity (Wildman–Crippen MR) is 132 cm³/mol. The van der Waals surface area contributed by atoms with Crippen molar-refractivity contribution in [1.29, 1.82) is 0 Å². The Kier molecular flexibility index (Phi) is 10.2. The number of ether oxygens (including phenoxy) is 1. The van der Waals surface area contributed by atoms with E-state index in [4.69, 9.17) is 4.74 Å². The SMILES string of the molecule is CCOC1CCN(C(=NC)NCC(C(C)C)N2CCc3ccccc3C2)CC1.I. The zero-order valence-electron chi connectivity index (χ0n) is 18.6. The second-order valence-electron chi connectivity index (χ2n) is 8.37. The molecule has 0 aromatic heterocycles. The lowest BCUT2D eigenvalue weighted by molar-refractivity contribution is 0.0262. The van der Waals surface area contributed by atoms with Crippen LogP contribution in [0.4, 0.5) is 0 Å². The van der Waals surface area contributed by atoms with E-state index in [1.165, 1.54) is 11.1 Å². The van der Waals surface area contributed by atoms with E-state index < -0.39 is 0 Å². The molecule has 1 fully saturated rings. The molecule has 2 aliphatic heterocycles. The van der Waals surface area contributed by atoms with Crippen LogP contribution >= 0.6 is 24.0 Å². The van der Waals surface area contributed by atoms with E-state index in [0.29, 0.717) is 18.1 Å². The normalized spacial score (nSPS) is 19.6. The molecule has 164 valence electrons. The summed E-state index contributed by atoms with van der Waals surface area (Å²) in [5, 5.41) is 3.68. The fraction of sp³-hybridized carbons (Fsp3) is 0.696. The minimum Gasteiger partial charge on any atom is -0.378 e. The Balaban J connectivity index is 0.00000300. The molecule has 1 saturated heterocycles. The van der Waals surface area contributed by atoms with Crippen molar-refractivity contribution in [2.75, 3.05) is 39.8 Å². The van der Waals surface area contributed by atoms with Crippen LogP contribution in [0.1, 0.15) is 44.7 Å². The Morgan fingerprint density at radius 3 is 2.48 bits per heavy atom. The van der Waals surface area contributed by atoms with Crippen LogP contribution in [-0.2, 0) is 17.7 Å². The third kappa shape index (κ3) is 6.56. The number of rotatable bonds is 6. The average Bonchev–Trinajstić information content (AvgIpc) is 2.72. The molecule has 0 aliphatic carbocycles. The molecular formula is C23H39IN4O. The maximum absolute atomic E-state index is 5.79. The topological polar surface area (TPSA) is 40.1 Å². The van der Waals surface area contributed by atoms with Gasteiger partial charge in [0.1, 0.15) is 0 Å². The summed E-state index contributed by atoms with van der Waals surface area (Å²) in [5.74, 6) is 1.64. The molecule has 2 heterocycles. The Labute approximate surface area is 194 Å². The molecule has 0 spiro atoms. The molecule has 1 aromatic rings. The largest absolute Gasteiger partial charge is 0.378 e. The van der Waals surface area contributed by atoms with Gasteiger partial charge in [-0.15, -0.1) is 24.0 Å². The maximum Gasteiger partial charge on any atom is 0.193 e. The molecule has 2 aliphatic rings. The molecule has 1 N–H and O–H groups in total. The zero-order valence-corrected chi connectivity index (χ0v) is 20.9. The molecule has 29 heavy (non-hydrogen) atoms. The summed E-state index contributed by atoms with van der Waals surface area (Å²) in [6.07, 6.45) is 3.74. The summed E-state index contributed by atoms with van der Waals surface area (Å²) in [6, 6.07) is 9.40. The van der Waals surface area contributed by atoms with Crippen molar-refractivity contribution in [2.45, 2.75) is 58.7 Å². The Hall–Kier alpha value is -0.860. The highest BCUT2D eigenvalue weighted by Gasteiger charge is 2.27. The van der Waals surface area contributed by atoms with Gasteiger partial charge in [-0.1, -0.05) is 38.1 Å². The standard InChI is InChI=1S/C23H38N4O.HI/c1-5-28-21-11-14-26(15-12-21)23(24-4)25-16-22(18(2)3)27-13-10-19-8-6-7-9-20(19)17-27;/h6-9,18,21-22H,5,10-17H2,1-4H3,(H,24,25);1H. The van der Waals surface area contributed by atoms with E-state index in [2.05, 4.69) is 65.1 Å². The van der Waals surface area contributed by atoms with E-state index in [1.807, 2.05) is 7.05 Å². The minimum absolute atomic E-state index is 0. The van der Waals surface area contributed by atoms with Gasteiger partial charge >= 0.3 is 0 Å². The van der Waals surface area contributed by atoms with Crippen LogP contribution in [0.3, 0.4) is 0 Å². The highest BCUT2D eigenvalue weighted by Crippen LogP contribution is 2.23. The van der Waals surface area contributed by atoms with Gasteiger partial charge in [0.25, 0.3) is 0 Å². The Morgan fingerprint density at radius 1 is 1.17 bits per heavy atom. The molecule has 0 radical (unpaired) electrons. The first-order chi connectivity index (χ1) is 13.6. The quantitative estimate of drug-likeness (QED) is 0.357. The van der Waals surface area contributed by atoms with Crippen molar-refractivity contribution >= 4 is 29.9 Å². The van der Waals surface area contributed by atoms with Crippen molar-refractivity contribution < 1.29 is 4.74 Å². The van der Waals surface area contributed by atoms with Crippen molar-refractivity contribution in [3.05, 3.63) is 35.4 Å². The van der Waals surface area contributed by atoms with E-state index in [0.717, 1.165) is 64.6 Å². The molecule has 0 amide bonds. The summed E-state index contributed by atoms with van der Waals surface area (Å²) < 4.78 is 5.79. The molecule has 1 atom stereocenters. The van der Waals surface area contributed by atoms with Gasteiger partial charge in [0.05, 0.1) is 6.10 Å². The molecule has 0 saturated carbocycles. The fourth-order valence-corrected chi connectivity index (χ4v) is 4.59. The molecule has 6 heteroatoms. The lowest BCUT2D eigenvalue weighted by atomic mass is 9.95. The van der Waals surface area contributed by atoms with Crippen LogP contribution in [0.5, 0.6) is 0 Å². The second kappa shape index (κ2) is 12.1. The maximum atomic E-state index is 5.79. The summed E-state index contributed by atoms with van der Waals surface area (Å²) in [5.41, 5.74) is 3.00. The van der Waals surface area contributed by atoms with Crippen LogP contribution < -0.4 is 5.32 Å². The second-order valence-corrected chi connectivity index (χ2v) is 8.37. The van der Waals surface area contributed by atoms with E-state index in [1.54, 1.807) is 0 Å². The monoisotopic (exact) mass is 514 g/mol. The number of halogens is 1. The van der Waals surface area contributed by atoms with Crippen LogP contribution in [-0.4, -0.2) is 67.7 Å². The molecule has 1 unspecified atom stereocenters. The Bertz CT molecular complexity index is 644. The average molecular weight is 514 g/mol. The number of nitrogens with one attached hydrogen (secondary N) is 1. The smallest absolute Gasteiger partial charge is 0.193 e. The number of aliphatic imine (C=N–C) groups is 1. The highest BCUT2D eigenvalue weighted by molar-refractivity contribution is 14.0. The number of hydrogen-bond donors (Lipinski definition) is 1. The first kappa shape index (κ1) is 24.4. The highest BCUT2D eigenvalue weighted by atomic mass is 127. The fourth-order valence-electron chi connectivity index (χ4n) is 4.59. The van der Waals surface area contributed by atoms with Gasteiger partial charge in [0.2, 0.25) is 0 Å². The third-order valence-corrected chi connectivity index (χ3v) is 6.22. The number of nitrogens with zero attached hydrogens (tertiary/aromatic N) is 3. The van der Waals surface area contributed by atoms with Crippen LogP contribution in [0.25, 0.3) is 0 Å². The van der Waals surface area contributed by atoms with Gasteiger partial charge in [-0.25, -0.2) is 0 Å². The van der Waals surface area contributed by atoms with Crippen molar-refractivity contribution in [3.63, 3.8) is 0 Å². The zero-order chi connectivity index (χ0) is 19.9. The number of guanidine groups is 1. The van der Waals surface area contributed by atoms with E-state index in [9.17, 15) is 0 Å². The van der Waals surface area contributed by atoms with Crippen LogP contribution in [0.2, 0.25) is 0 Å². The summed E-state index contributed by atoms with van der Waals surface area (Å²) in [7, 11) is 1.90. The minimum atomic E-state index is 0. The van der Waals surface area contributed by atoms with Crippen LogP contribution in [0, 0.1) is 5.92 Å². The van der Waals surface area contributed by atoms with Gasteiger partial charge in [-0.3, -0.25) is 9.89 Å². The molecule has 3 rings (SSSR count). The number of hydrogen-bond acceptors (Lipinski definition) is 3. The lowest BCUT2D eigenvalue weighted by Gasteiger charge is -2.39. The summed E-state index contributed by atoms with van der Waals surface area (Å²) in [6.45, 7) is 12.7. The number of fused-ring (bicyclic) bond motifs is 1. The van der Waals surface area contributed by atoms with Crippen LogP contribution in [0.15, 0.2) is 29.3 Å². The van der Waals surface area contributed by atoms with Gasteiger partial charge < -0.3 is 15.0 Å². The van der Waals surface area contributed by atoms with Crippen molar-refractivity contribution in [3.8, 4) is 0 Å². The lowest BCUT2D eigenvalue weighted by Crippen LogP contribution is -2.53. The molecular weight excluding hydrogens is 475 g/mol. The third-order valence-electron chi connectivity index (χ3n) is 6.22. The molecule has 5 nitrogen and oxygen atoms in total. The first-order valence-electron chi connectivity index (χ1n) is 11.0. The molecule has 1 aromatic carbocycles. The number of benzene rings is 1. The summed E-state index contributed by atoms with van der Waals surface area (Å²) >= 11 is 0. The first-order valence-corrected chi connectivity index (χ1v) is 11.0. The van der Waals surface area contributed by atoms with E-state index in [-0.39, 0.29) is 24.0 Å².